The van der Waals surface area contributed by atoms with Gasteiger partial charge in [-0.15, -0.1) is 0 Å². The lowest BCUT2D eigenvalue weighted by atomic mass is 10.4. The van der Waals surface area contributed by atoms with E-state index >= 15 is 0 Å². The summed E-state index contributed by atoms with van der Waals surface area (Å²) in [6.45, 7) is 2.44. The Bertz CT molecular complexity index is 648. The molecule has 0 spiro atoms. The van der Waals surface area contributed by atoms with E-state index < -0.39 is 10.0 Å². The normalized spacial score (nSPS) is 12.1. The second kappa shape index (κ2) is 6.88. The Labute approximate surface area is 123 Å². The third kappa shape index (κ3) is 4.42. The van der Waals surface area contributed by atoms with Gasteiger partial charge in [-0.1, -0.05) is 5.16 Å². The Morgan fingerprint density at radius 1 is 1.38 bits per heavy atom. The van der Waals surface area contributed by atoms with Crippen LogP contribution in [0.4, 0.5) is 0 Å². The van der Waals surface area contributed by atoms with Crippen LogP contribution in [-0.2, 0) is 27.1 Å². The van der Waals surface area contributed by atoms with Crippen molar-refractivity contribution >= 4 is 10.0 Å². The molecule has 0 atom stereocenters. The van der Waals surface area contributed by atoms with Gasteiger partial charge in [-0.05, 0) is 19.1 Å². The fourth-order valence-corrected chi connectivity index (χ4v) is 3.20. The van der Waals surface area contributed by atoms with Crippen LogP contribution in [0.25, 0.3) is 0 Å². The lowest BCUT2D eigenvalue weighted by Gasteiger charge is -2.20. The molecule has 0 saturated heterocycles. The summed E-state index contributed by atoms with van der Waals surface area (Å²) < 4.78 is 41.4. The Hall–Kier alpha value is -1.64. The quantitative estimate of drug-likeness (QED) is 0.735. The number of hydrogen-bond donors (Lipinski definition) is 0. The summed E-state index contributed by atoms with van der Waals surface area (Å²) in [6.07, 6.45) is 1.51. The number of nitrogens with zero attached hydrogens (tertiary/aromatic N) is 2. The van der Waals surface area contributed by atoms with Gasteiger partial charge in [-0.25, -0.2) is 8.42 Å². The lowest BCUT2D eigenvalue weighted by molar-refractivity contribution is 0.175. The van der Waals surface area contributed by atoms with E-state index in [4.69, 9.17) is 13.7 Å². The molecule has 0 aliphatic carbocycles. The maximum absolute atomic E-state index is 12.5. The van der Waals surface area contributed by atoms with Crippen molar-refractivity contribution in [3.63, 3.8) is 0 Å². The Kier molecular flexibility index (Phi) is 5.16. The van der Waals surface area contributed by atoms with Crippen molar-refractivity contribution in [2.75, 3.05) is 20.3 Å². The number of sulfonamides is 1. The van der Waals surface area contributed by atoms with Gasteiger partial charge in [0.25, 0.3) is 0 Å². The highest BCUT2D eigenvalue weighted by Gasteiger charge is 2.25. The zero-order valence-electron chi connectivity index (χ0n) is 12.0. The lowest BCUT2D eigenvalue weighted by Crippen LogP contribution is -2.34. The van der Waals surface area contributed by atoms with Crippen molar-refractivity contribution in [3.8, 4) is 0 Å². The van der Waals surface area contributed by atoms with Crippen LogP contribution in [0.5, 0.6) is 0 Å². The molecule has 0 bridgehead atoms. The van der Waals surface area contributed by atoms with Crippen molar-refractivity contribution in [2.24, 2.45) is 0 Å². The molecule has 0 aliphatic rings. The van der Waals surface area contributed by atoms with Crippen molar-refractivity contribution in [2.45, 2.75) is 19.2 Å². The second-order valence-electron chi connectivity index (χ2n) is 4.60. The fourth-order valence-electron chi connectivity index (χ4n) is 1.84. The van der Waals surface area contributed by atoms with Crippen LogP contribution in [0.3, 0.4) is 0 Å². The van der Waals surface area contributed by atoms with E-state index in [0.29, 0.717) is 23.8 Å². The summed E-state index contributed by atoms with van der Waals surface area (Å²) in [5.41, 5.74) is 0.648. The molecule has 21 heavy (non-hydrogen) atoms. The highest BCUT2D eigenvalue weighted by atomic mass is 32.2. The highest BCUT2D eigenvalue weighted by molar-refractivity contribution is 7.88. The predicted molar refractivity (Wildman–Crippen MR) is 74.9 cm³/mol. The van der Waals surface area contributed by atoms with Crippen LogP contribution in [0.15, 0.2) is 33.4 Å². The number of rotatable bonds is 8. The number of ether oxygens (including phenoxy) is 1. The van der Waals surface area contributed by atoms with Gasteiger partial charge in [0.05, 0.1) is 25.1 Å². The Balaban J connectivity index is 2.13. The minimum absolute atomic E-state index is 0.159. The first kappa shape index (κ1) is 15.7. The molecule has 0 amide bonds. The van der Waals surface area contributed by atoms with Gasteiger partial charge in [-0.3, -0.25) is 0 Å². The summed E-state index contributed by atoms with van der Waals surface area (Å²) in [4.78, 5) is 0. The maximum Gasteiger partial charge on any atom is 0.222 e. The summed E-state index contributed by atoms with van der Waals surface area (Å²) in [5, 5.41) is 3.70. The molecule has 0 fully saturated rings. The van der Waals surface area contributed by atoms with Gasteiger partial charge in [-0.2, -0.15) is 4.31 Å². The smallest absolute Gasteiger partial charge is 0.222 e. The summed E-state index contributed by atoms with van der Waals surface area (Å²) in [5.74, 6) is 0.649. The van der Waals surface area contributed by atoms with Crippen molar-refractivity contribution < 1.29 is 22.1 Å². The molecule has 2 aromatic heterocycles. The summed E-state index contributed by atoms with van der Waals surface area (Å²) in [7, 11) is -2.03. The first-order valence-corrected chi connectivity index (χ1v) is 8.03. The molecule has 0 radical (unpaired) electrons. The topological polar surface area (TPSA) is 85.8 Å². The molecular weight excluding hydrogens is 296 g/mol. The number of hydrogen-bond acceptors (Lipinski definition) is 6. The van der Waals surface area contributed by atoms with E-state index in [1.807, 2.05) is 0 Å². The van der Waals surface area contributed by atoms with E-state index in [-0.39, 0.29) is 18.8 Å². The van der Waals surface area contributed by atoms with Crippen molar-refractivity contribution in [1.29, 1.82) is 0 Å². The maximum atomic E-state index is 12.5. The average molecular weight is 314 g/mol. The summed E-state index contributed by atoms with van der Waals surface area (Å²) >= 11 is 0. The fraction of sp³-hybridized carbons (Fsp3) is 0.462. The molecule has 0 saturated carbocycles. The standard InChI is InChI=1S/C13H18N2O5S/c1-11-8-13(20-14-11)10-21(16,17)15(5-7-18-2)9-12-4-3-6-19-12/h3-4,6,8H,5,7,9-10H2,1-2H3. The van der Waals surface area contributed by atoms with Crippen LogP contribution in [-0.4, -0.2) is 38.1 Å². The third-order valence-electron chi connectivity index (χ3n) is 2.85. The van der Waals surface area contributed by atoms with Gasteiger partial charge in [0.15, 0.2) is 5.76 Å². The van der Waals surface area contributed by atoms with Crippen LogP contribution in [0, 0.1) is 6.92 Å². The number of aromatic nitrogens is 1. The molecule has 2 aromatic rings. The van der Waals surface area contributed by atoms with E-state index in [2.05, 4.69) is 5.16 Å². The molecule has 7 nitrogen and oxygen atoms in total. The minimum Gasteiger partial charge on any atom is -0.468 e. The third-order valence-corrected chi connectivity index (χ3v) is 4.60. The molecule has 2 rings (SSSR count). The van der Waals surface area contributed by atoms with Crippen molar-refractivity contribution in [1.82, 2.24) is 9.46 Å². The van der Waals surface area contributed by atoms with Crippen molar-refractivity contribution in [3.05, 3.63) is 41.7 Å². The average Bonchev–Trinajstić information content (AvgIpc) is 3.06. The number of methoxy groups -OCH3 is 1. The van der Waals surface area contributed by atoms with Crippen LogP contribution in [0.2, 0.25) is 0 Å². The first-order valence-electron chi connectivity index (χ1n) is 6.42. The number of furan rings is 1. The van der Waals surface area contributed by atoms with E-state index in [1.165, 1.54) is 17.7 Å². The van der Waals surface area contributed by atoms with Gasteiger partial charge < -0.3 is 13.7 Å². The predicted octanol–water partition coefficient (Wildman–Crippen LogP) is 1.55. The van der Waals surface area contributed by atoms with E-state index in [1.54, 1.807) is 25.1 Å². The molecule has 0 aliphatic heterocycles. The van der Waals surface area contributed by atoms with Gasteiger partial charge in [0.2, 0.25) is 10.0 Å². The van der Waals surface area contributed by atoms with Crippen LogP contribution < -0.4 is 0 Å². The largest absolute Gasteiger partial charge is 0.468 e. The molecule has 8 heteroatoms. The first-order chi connectivity index (χ1) is 10.0. The van der Waals surface area contributed by atoms with Gasteiger partial charge in [0, 0.05) is 19.7 Å². The van der Waals surface area contributed by atoms with Gasteiger partial charge in [0.1, 0.15) is 11.5 Å². The SMILES string of the molecule is COCCN(Cc1ccco1)S(=O)(=O)Cc1cc(C)no1. The zero-order valence-corrected chi connectivity index (χ0v) is 12.8. The highest BCUT2D eigenvalue weighted by Crippen LogP contribution is 2.15. The molecular formula is C13H18N2O5S. The molecule has 116 valence electrons. The monoisotopic (exact) mass is 314 g/mol. The second-order valence-corrected chi connectivity index (χ2v) is 6.57. The Morgan fingerprint density at radius 3 is 2.76 bits per heavy atom. The molecule has 2 heterocycles. The Morgan fingerprint density at radius 2 is 2.19 bits per heavy atom. The van der Waals surface area contributed by atoms with Crippen LogP contribution in [0.1, 0.15) is 17.2 Å². The number of aryl methyl sites for hydroxylation is 1. The summed E-state index contributed by atoms with van der Waals surface area (Å²) in [6, 6.07) is 5.06. The van der Waals surface area contributed by atoms with Crippen LogP contribution >= 0.6 is 0 Å². The molecule has 0 N–H and O–H groups in total. The molecule has 0 unspecified atom stereocenters. The minimum atomic E-state index is -3.55. The van der Waals surface area contributed by atoms with E-state index in [9.17, 15) is 8.42 Å². The zero-order chi connectivity index (χ0) is 15.3. The van der Waals surface area contributed by atoms with Gasteiger partial charge >= 0.3 is 0 Å². The van der Waals surface area contributed by atoms with E-state index in [0.717, 1.165) is 0 Å². The molecule has 0 aromatic carbocycles.